The van der Waals surface area contributed by atoms with Crippen molar-refractivity contribution in [1.82, 2.24) is 9.78 Å². The van der Waals surface area contributed by atoms with E-state index in [-0.39, 0.29) is 5.69 Å². The van der Waals surface area contributed by atoms with Crippen molar-refractivity contribution in [1.29, 1.82) is 0 Å². The molecule has 4 rings (SSSR count). The molecule has 1 aliphatic rings. The van der Waals surface area contributed by atoms with Crippen LogP contribution in [0.5, 0.6) is 0 Å². The van der Waals surface area contributed by atoms with E-state index in [0.717, 1.165) is 41.3 Å². The first-order valence-electron chi connectivity index (χ1n) is 7.50. The normalized spacial score (nSPS) is 12.7. The molecule has 1 N–H and O–H groups in total. The first-order chi connectivity index (χ1) is 11.6. The number of hydrogen-bond acceptors (Lipinski definition) is 4. The molecule has 0 aliphatic carbocycles. The van der Waals surface area contributed by atoms with Gasteiger partial charge in [-0.1, -0.05) is 23.7 Å². The third kappa shape index (κ3) is 2.41. The summed E-state index contributed by atoms with van der Waals surface area (Å²) in [5.74, 6) is 0.939. The molecule has 2 aromatic carbocycles. The fourth-order valence-electron chi connectivity index (χ4n) is 2.92. The second-order valence-corrected chi connectivity index (χ2v) is 5.98. The molecule has 0 atom stereocenters. The van der Waals surface area contributed by atoms with E-state index in [2.05, 4.69) is 5.32 Å². The SMILES string of the molecule is O=[N+]([O-])c1ccc(-n2nc(-c3ccc(Cl)cc3)c3c2NCC3)cc1. The van der Waals surface area contributed by atoms with Crippen LogP contribution < -0.4 is 5.32 Å². The van der Waals surface area contributed by atoms with Gasteiger partial charge in [0.1, 0.15) is 5.82 Å². The lowest BCUT2D eigenvalue weighted by Gasteiger charge is -2.06. The molecule has 0 saturated heterocycles. The Bertz CT molecular complexity index is 917. The Balaban J connectivity index is 1.81. The van der Waals surface area contributed by atoms with Gasteiger partial charge >= 0.3 is 0 Å². The summed E-state index contributed by atoms with van der Waals surface area (Å²) in [5, 5.41) is 19.6. The quantitative estimate of drug-likeness (QED) is 0.576. The smallest absolute Gasteiger partial charge is 0.269 e. The lowest BCUT2D eigenvalue weighted by molar-refractivity contribution is -0.384. The van der Waals surface area contributed by atoms with Gasteiger partial charge in [-0.05, 0) is 30.7 Å². The predicted molar refractivity (Wildman–Crippen MR) is 92.9 cm³/mol. The van der Waals surface area contributed by atoms with E-state index in [9.17, 15) is 10.1 Å². The lowest BCUT2D eigenvalue weighted by atomic mass is 10.1. The summed E-state index contributed by atoms with van der Waals surface area (Å²) in [6, 6.07) is 14.0. The summed E-state index contributed by atoms with van der Waals surface area (Å²) in [4.78, 5) is 10.4. The summed E-state index contributed by atoms with van der Waals surface area (Å²) in [5.41, 5.74) is 3.90. The van der Waals surface area contributed by atoms with Crippen molar-refractivity contribution in [2.45, 2.75) is 6.42 Å². The fraction of sp³-hybridized carbons (Fsp3) is 0.118. The number of fused-ring (bicyclic) bond motifs is 1. The monoisotopic (exact) mass is 340 g/mol. The van der Waals surface area contributed by atoms with Crippen molar-refractivity contribution < 1.29 is 4.92 Å². The molecular formula is C17H13ClN4O2. The van der Waals surface area contributed by atoms with E-state index >= 15 is 0 Å². The number of nitrogens with one attached hydrogen (secondary N) is 1. The Morgan fingerprint density at radius 2 is 1.83 bits per heavy atom. The number of nitro benzene ring substituents is 1. The number of anilines is 1. The van der Waals surface area contributed by atoms with Gasteiger partial charge in [0.15, 0.2) is 0 Å². The van der Waals surface area contributed by atoms with Crippen LogP contribution in [-0.2, 0) is 6.42 Å². The highest BCUT2D eigenvalue weighted by Crippen LogP contribution is 2.35. The average molecular weight is 341 g/mol. The first-order valence-corrected chi connectivity index (χ1v) is 7.88. The van der Waals surface area contributed by atoms with Gasteiger partial charge in [0.05, 0.1) is 16.3 Å². The highest BCUT2D eigenvalue weighted by molar-refractivity contribution is 6.30. The van der Waals surface area contributed by atoms with Gasteiger partial charge in [0, 0.05) is 34.8 Å². The summed E-state index contributed by atoms with van der Waals surface area (Å²) in [6.07, 6.45) is 0.889. The van der Waals surface area contributed by atoms with Crippen LogP contribution in [0.3, 0.4) is 0 Å². The van der Waals surface area contributed by atoms with Gasteiger partial charge in [-0.3, -0.25) is 10.1 Å². The fourth-order valence-corrected chi connectivity index (χ4v) is 3.04. The summed E-state index contributed by atoms with van der Waals surface area (Å²) >= 11 is 5.96. The van der Waals surface area contributed by atoms with Gasteiger partial charge in [-0.2, -0.15) is 5.10 Å². The predicted octanol–water partition coefficient (Wildman–Crippen LogP) is 4.07. The topological polar surface area (TPSA) is 73.0 Å². The molecule has 2 heterocycles. The van der Waals surface area contributed by atoms with Crippen molar-refractivity contribution in [3.05, 3.63) is 69.2 Å². The number of hydrogen-bond donors (Lipinski definition) is 1. The Hall–Kier alpha value is -2.86. The molecule has 0 unspecified atom stereocenters. The van der Waals surface area contributed by atoms with E-state index in [0.29, 0.717) is 5.02 Å². The molecule has 0 fully saturated rings. The Morgan fingerprint density at radius 1 is 1.12 bits per heavy atom. The van der Waals surface area contributed by atoms with Crippen LogP contribution >= 0.6 is 11.6 Å². The molecule has 0 saturated carbocycles. The minimum absolute atomic E-state index is 0.0634. The van der Waals surface area contributed by atoms with Gasteiger partial charge in [-0.15, -0.1) is 0 Å². The molecule has 6 nitrogen and oxygen atoms in total. The number of nitrogens with zero attached hydrogens (tertiary/aromatic N) is 3. The maximum atomic E-state index is 10.8. The average Bonchev–Trinajstić information content (AvgIpc) is 3.18. The van der Waals surface area contributed by atoms with Gasteiger partial charge in [0.25, 0.3) is 5.69 Å². The molecule has 0 radical (unpaired) electrons. The molecule has 3 aromatic rings. The Labute approximate surface area is 142 Å². The second kappa shape index (κ2) is 5.65. The highest BCUT2D eigenvalue weighted by Gasteiger charge is 2.24. The van der Waals surface area contributed by atoms with E-state index < -0.39 is 4.92 Å². The molecular weight excluding hydrogens is 328 g/mol. The van der Waals surface area contributed by atoms with Gasteiger partial charge in [-0.25, -0.2) is 4.68 Å². The van der Waals surface area contributed by atoms with Crippen LogP contribution in [-0.4, -0.2) is 21.2 Å². The zero-order valence-electron chi connectivity index (χ0n) is 12.6. The van der Waals surface area contributed by atoms with Crippen LogP contribution in [0, 0.1) is 10.1 Å². The number of benzene rings is 2. The molecule has 0 spiro atoms. The van der Waals surface area contributed by atoms with Crippen molar-refractivity contribution >= 4 is 23.1 Å². The molecule has 7 heteroatoms. The van der Waals surface area contributed by atoms with E-state index in [1.165, 1.54) is 12.1 Å². The minimum Gasteiger partial charge on any atom is -0.369 e. The number of rotatable bonds is 3. The van der Waals surface area contributed by atoms with E-state index in [4.69, 9.17) is 16.7 Å². The van der Waals surface area contributed by atoms with Crippen LogP contribution in [0.2, 0.25) is 5.02 Å². The van der Waals surface area contributed by atoms with Crippen LogP contribution in [0.1, 0.15) is 5.56 Å². The third-order valence-corrected chi connectivity index (χ3v) is 4.33. The molecule has 120 valence electrons. The van der Waals surface area contributed by atoms with Crippen molar-refractivity contribution in [2.24, 2.45) is 0 Å². The number of nitro groups is 1. The minimum atomic E-state index is -0.408. The van der Waals surface area contributed by atoms with E-state index in [1.54, 1.807) is 16.8 Å². The van der Waals surface area contributed by atoms with E-state index in [1.807, 2.05) is 24.3 Å². The largest absolute Gasteiger partial charge is 0.369 e. The Morgan fingerprint density at radius 3 is 2.50 bits per heavy atom. The zero-order chi connectivity index (χ0) is 16.7. The Kier molecular flexibility index (Phi) is 3.46. The number of non-ortho nitro benzene ring substituents is 1. The number of halogens is 1. The van der Waals surface area contributed by atoms with Crippen LogP contribution in [0.25, 0.3) is 16.9 Å². The molecule has 1 aliphatic heterocycles. The molecule has 1 aromatic heterocycles. The van der Waals surface area contributed by atoms with Crippen LogP contribution in [0.15, 0.2) is 48.5 Å². The highest BCUT2D eigenvalue weighted by atomic mass is 35.5. The van der Waals surface area contributed by atoms with Crippen molar-refractivity contribution in [3.8, 4) is 16.9 Å². The molecule has 0 bridgehead atoms. The summed E-state index contributed by atoms with van der Waals surface area (Å²) in [6.45, 7) is 0.848. The summed E-state index contributed by atoms with van der Waals surface area (Å²) < 4.78 is 1.80. The third-order valence-electron chi connectivity index (χ3n) is 4.07. The van der Waals surface area contributed by atoms with Crippen LogP contribution in [0.4, 0.5) is 11.5 Å². The first kappa shape index (κ1) is 14.7. The van der Waals surface area contributed by atoms with Gasteiger partial charge < -0.3 is 5.32 Å². The van der Waals surface area contributed by atoms with Crippen molar-refractivity contribution in [2.75, 3.05) is 11.9 Å². The summed E-state index contributed by atoms with van der Waals surface area (Å²) in [7, 11) is 0. The maximum Gasteiger partial charge on any atom is 0.269 e. The zero-order valence-corrected chi connectivity index (χ0v) is 13.3. The van der Waals surface area contributed by atoms with Crippen molar-refractivity contribution in [3.63, 3.8) is 0 Å². The van der Waals surface area contributed by atoms with Gasteiger partial charge in [0.2, 0.25) is 0 Å². The standard InChI is InChI=1S/C17H13ClN4O2/c18-12-3-1-11(2-4-12)16-15-9-10-19-17(15)21(20-16)13-5-7-14(8-6-13)22(23)24/h1-8,19H,9-10H2. The lowest BCUT2D eigenvalue weighted by Crippen LogP contribution is -2.04. The maximum absolute atomic E-state index is 10.8. The molecule has 24 heavy (non-hydrogen) atoms. The molecule has 0 amide bonds. The number of aromatic nitrogens is 2. The second-order valence-electron chi connectivity index (χ2n) is 5.54.